The summed E-state index contributed by atoms with van der Waals surface area (Å²) < 4.78 is 7.98. The fraction of sp³-hybridized carbons (Fsp3) is 0.158. The van der Waals surface area contributed by atoms with Crippen LogP contribution in [0.2, 0.25) is 0 Å². The van der Waals surface area contributed by atoms with E-state index in [2.05, 4.69) is 38.7 Å². The van der Waals surface area contributed by atoms with Crippen molar-refractivity contribution in [3.63, 3.8) is 0 Å². The van der Waals surface area contributed by atoms with Crippen LogP contribution in [0.3, 0.4) is 0 Å². The molecule has 0 fully saturated rings. The molecule has 2 N–H and O–H groups in total. The number of aromatic nitrogens is 1. The number of thiocarbonyl (C=S) groups is 1. The molecular weight excluding hydrogens is 332 g/mol. The van der Waals surface area contributed by atoms with E-state index in [0.717, 1.165) is 28.8 Å². The molecule has 25 heavy (non-hydrogen) atoms. The molecule has 0 unspecified atom stereocenters. The van der Waals surface area contributed by atoms with Gasteiger partial charge in [0.25, 0.3) is 0 Å². The van der Waals surface area contributed by atoms with Crippen molar-refractivity contribution in [3.8, 4) is 5.75 Å². The van der Waals surface area contributed by atoms with Crippen molar-refractivity contribution >= 4 is 34.4 Å². The van der Waals surface area contributed by atoms with Crippen molar-refractivity contribution in [2.45, 2.75) is 6.54 Å². The van der Waals surface area contributed by atoms with E-state index in [9.17, 15) is 0 Å². The zero-order chi connectivity index (χ0) is 17.5. The lowest BCUT2D eigenvalue weighted by Gasteiger charge is -2.08. The highest BCUT2D eigenvalue weighted by atomic mass is 32.1. The predicted octanol–water partition coefficient (Wildman–Crippen LogP) is 3.15. The van der Waals surface area contributed by atoms with E-state index in [-0.39, 0.29) is 0 Å². The van der Waals surface area contributed by atoms with Crippen LogP contribution < -0.4 is 15.5 Å². The first kappa shape index (κ1) is 17.0. The van der Waals surface area contributed by atoms with Crippen LogP contribution in [0.4, 0.5) is 0 Å². The minimum absolute atomic E-state index is 0.483. The Morgan fingerprint density at radius 3 is 2.72 bits per heavy atom. The second-order valence-electron chi connectivity index (χ2n) is 5.41. The van der Waals surface area contributed by atoms with E-state index in [1.807, 2.05) is 42.5 Å². The average Bonchev–Trinajstić information content (AvgIpc) is 3.01. The fourth-order valence-corrected chi connectivity index (χ4v) is 2.61. The maximum atomic E-state index is 5.80. The van der Waals surface area contributed by atoms with Gasteiger partial charge in [0.05, 0.1) is 12.8 Å². The third-order valence-corrected chi connectivity index (χ3v) is 4.06. The summed E-state index contributed by atoms with van der Waals surface area (Å²) in [7, 11) is 1.75. The molecule has 0 aliphatic rings. The average molecular weight is 352 g/mol. The molecule has 2 aromatic carbocycles. The van der Waals surface area contributed by atoms with Gasteiger partial charge in [-0.1, -0.05) is 36.4 Å². The molecule has 1 heterocycles. The number of hydrogen-bond donors (Lipinski definition) is 2. The molecule has 0 amide bonds. The zero-order valence-corrected chi connectivity index (χ0v) is 14.8. The molecule has 6 heteroatoms. The molecule has 0 bridgehead atoms. The SMILES string of the molecule is CNC(=S)N/N=C/c1cn(CCOc2ccccc2)c2ccccc12. The fourth-order valence-electron chi connectivity index (χ4n) is 2.56. The standard InChI is InChI=1S/C19H20N4OS/c1-20-19(25)22-21-13-15-14-23(18-10-6-5-9-17(15)18)11-12-24-16-7-3-2-4-8-16/h2-10,13-14H,11-12H2,1H3,(H2,20,22,25)/b21-13+. The van der Waals surface area contributed by atoms with Gasteiger partial charge in [-0.3, -0.25) is 5.43 Å². The molecule has 0 aliphatic carbocycles. The van der Waals surface area contributed by atoms with Gasteiger partial charge in [0, 0.05) is 29.7 Å². The highest BCUT2D eigenvalue weighted by Gasteiger charge is 2.06. The van der Waals surface area contributed by atoms with E-state index in [0.29, 0.717) is 11.7 Å². The van der Waals surface area contributed by atoms with Crippen LogP contribution in [-0.4, -0.2) is 29.5 Å². The van der Waals surface area contributed by atoms with E-state index in [4.69, 9.17) is 17.0 Å². The number of hydrogen-bond acceptors (Lipinski definition) is 3. The Labute approximate surface area is 152 Å². The number of ether oxygens (including phenoxy) is 1. The van der Waals surface area contributed by atoms with Gasteiger partial charge in [-0.25, -0.2) is 0 Å². The zero-order valence-electron chi connectivity index (χ0n) is 14.0. The highest BCUT2D eigenvalue weighted by molar-refractivity contribution is 7.80. The third kappa shape index (κ3) is 4.36. The van der Waals surface area contributed by atoms with Gasteiger partial charge in [0.15, 0.2) is 5.11 Å². The summed E-state index contributed by atoms with van der Waals surface area (Å²) in [6, 6.07) is 18.1. The van der Waals surface area contributed by atoms with Crippen molar-refractivity contribution in [1.29, 1.82) is 0 Å². The summed E-state index contributed by atoms with van der Waals surface area (Å²) in [6.45, 7) is 1.35. The Bertz CT molecular complexity index is 874. The molecule has 0 radical (unpaired) electrons. The quantitative estimate of drug-likeness (QED) is 0.406. The van der Waals surface area contributed by atoms with Crippen molar-refractivity contribution < 1.29 is 4.74 Å². The van der Waals surface area contributed by atoms with E-state index in [1.165, 1.54) is 0 Å². The second-order valence-corrected chi connectivity index (χ2v) is 5.81. The number of fused-ring (bicyclic) bond motifs is 1. The van der Waals surface area contributed by atoms with Crippen molar-refractivity contribution in [1.82, 2.24) is 15.3 Å². The summed E-state index contributed by atoms with van der Waals surface area (Å²) in [6.07, 6.45) is 3.85. The Balaban J connectivity index is 1.73. The Hall–Kier alpha value is -2.86. The molecule has 128 valence electrons. The van der Waals surface area contributed by atoms with Crippen LogP contribution in [-0.2, 0) is 6.54 Å². The molecule has 0 aliphatic heterocycles. The normalized spacial score (nSPS) is 10.9. The van der Waals surface area contributed by atoms with Gasteiger partial charge in [0.2, 0.25) is 0 Å². The first-order valence-corrected chi connectivity index (χ1v) is 8.45. The van der Waals surface area contributed by atoms with E-state index < -0.39 is 0 Å². The lowest BCUT2D eigenvalue weighted by Crippen LogP contribution is -2.28. The second kappa shape index (κ2) is 8.30. The minimum atomic E-state index is 0.483. The predicted molar refractivity (Wildman–Crippen MR) is 106 cm³/mol. The molecule has 5 nitrogen and oxygen atoms in total. The number of para-hydroxylation sites is 2. The van der Waals surface area contributed by atoms with E-state index in [1.54, 1.807) is 13.3 Å². The first-order valence-electron chi connectivity index (χ1n) is 8.04. The summed E-state index contributed by atoms with van der Waals surface area (Å²) in [4.78, 5) is 0. The minimum Gasteiger partial charge on any atom is -0.492 e. The largest absolute Gasteiger partial charge is 0.492 e. The monoisotopic (exact) mass is 352 g/mol. The molecule has 1 aromatic heterocycles. The summed E-state index contributed by atoms with van der Waals surface area (Å²) in [5.74, 6) is 0.880. The molecular formula is C19H20N4OS. The van der Waals surface area contributed by atoms with Gasteiger partial charge >= 0.3 is 0 Å². The Kier molecular flexibility index (Phi) is 5.64. The van der Waals surface area contributed by atoms with Gasteiger partial charge in [-0.15, -0.1) is 0 Å². The van der Waals surface area contributed by atoms with Crippen molar-refractivity contribution in [2.24, 2.45) is 5.10 Å². The molecule has 0 spiro atoms. The van der Waals surface area contributed by atoms with Crippen molar-refractivity contribution in [3.05, 3.63) is 66.4 Å². The van der Waals surface area contributed by atoms with Crippen LogP contribution in [0, 0.1) is 0 Å². The third-order valence-electron chi connectivity index (χ3n) is 3.76. The van der Waals surface area contributed by atoms with Crippen LogP contribution in [0.15, 0.2) is 65.9 Å². The number of hydrazone groups is 1. The Morgan fingerprint density at radius 1 is 1.16 bits per heavy atom. The molecule has 0 saturated carbocycles. The van der Waals surface area contributed by atoms with Gasteiger partial charge in [-0.2, -0.15) is 5.10 Å². The molecule has 0 saturated heterocycles. The summed E-state index contributed by atoms with van der Waals surface area (Å²) in [5.41, 5.74) is 4.95. The van der Waals surface area contributed by atoms with Gasteiger partial charge < -0.3 is 14.6 Å². The van der Waals surface area contributed by atoms with Crippen LogP contribution in [0.25, 0.3) is 10.9 Å². The molecule has 3 aromatic rings. The lowest BCUT2D eigenvalue weighted by atomic mass is 10.2. The van der Waals surface area contributed by atoms with Crippen molar-refractivity contribution in [2.75, 3.05) is 13.7 Å². The summed E-state index contributed by atoms with van der Waals surface area (Å²) >= 11 is 5.02. The molecule has 0 atom stereocenters. The van der Waals surface area contributed by atoms with Crippen LogP contribution >= 0.6 is 12.2 Å². The Morgan fingerprint density at radius 2 is 1.92 bits per heavy atom. The first-order chi connectivity index (χ1) is 12.3. The maximum Gasteiger partial charge on any atom is 0.186 e. The topological polar surface area (TPSA) is 50.6 Å². The number of nitrogens with one attached hydrogen (secondary N) is 2. The van der Waals surface area contributed by atoms with Crippen LogP contribution in [0.1, 0.15) is 5.56 Å². The molecule has 3 rings (SSSR count). The van der Waals surface area contributed by atoms with Gasteiger partial charge in [-0.05, 0) is 30.4 Å². The number of benzene rings is 2. The number of nitrogens with zero attached hydrogens (tertiary/aromatic N) is 2. The number of rotatable bonds is 6. The highest BCUT2D eigenvalue weighted by Crippen LogP contribution is 2.20. The van der Waals surface area contributed by atoms with E-state index >= 15 is 0 Å². The maximum absolute atomic E-state index is 5.80. The smallest absolute Gasteiger partial charge is 0.186 e. The van der Waals surface area contributed by atoms with Crippen LogP contribution in [0.5, 0.6) is 5.75 Å². The van der Waals surface area contributed by atoms with Gasteiger partial charge in [0.1, 0.15) is 12.4 Å². The summed E-state index contributed by atoms with van der Waals surface area (Å²) in [5, 5.41) is 8.63. The lowest BCUT2D eigenvalue weighted by molar-refractivity contribution is 0.300.